The van der Waals surface area contributed by atoms with Crippen LogP contribution in [-0.2, 0) is 6.54 Å². The summed E-state index contributed by atoms with van der Waals surface area (Å²) in [4.78, 5) is 8.80. The monoisotopic (exact) mass is 253 g/mol. The molecule has 5 heteroatoms. The molecule has 0 bridgehead atoms. The molecule has 0 saturated carbocycles. The summed E-state index contributed by atoms with van der Waals surface area (Å²) in [5.74, 6) is 1.40. The zero-order chi connectivity index (χ0) is 13.2. The van der Waals surface area contributed by atoms with E-state index in [4.69, 9.17) is 0 Å². The lowest BCUT2D eigenvalue weighted by Gasteiger charge is -2.01. The summed E-state index contributed by atoms with van der Waals surface area (Å²) < 4.78 is 1.77. The van der Waals surface area contributed by atoms with Crippen LogP contribution >= 0.6 is 0 Å². The van der Waals surface area contributed by atoms with Gasteiger partial charge in [-0.2, -0.15) is 4.98 Å². The number of aromatic nitrogens is 4. The highest BCUT2D eigenvalue weighted by atomic mass is 15.3. The lowest BCUT2D eigenvalue weighted by Crippen LogP contribution is -2.01. The van der Waals surface area contributed by atoms with Crippen LogP contribution in [0.2, 0.25) is 0 Å². The molecule has 0 fully saturated rings. The number of benzene rings is 1. The van der Waals surface area contributed by atoms with Crippen LogP contribution in [0.15, 0.2) is 36.4 Å². The van der Waals surface area contributed by atoms with Gasteiger partial charge in [-0.05, 0) is 32.0 Å². The Hall–Kier alpha value is -2.43. The quantitative estimate of drug-likeness (QED) is 0.778. The lowest BCUT2D eigenvalue weighted by molar-refractivity contribution is 0.850. The van der Waals surface area contributed by atoms with Crippen LogP contribution in [0.1, 0.15) is 17.2 Å². The number of anilines is 1. The van der Waals surface area contributed by atoms with E-state index >= 15 is 0 Å². The zero-order valence-corrected chi connectivity index (χ0v) is 11.0. The standard InChI is InChI=1S/C14H15N5/c1-10-8-11(2)19-14(16-10)17-13(18-19)9-15-12-6-4-3-5-7-12/h3-8,15H,9H2,1-2H3. The van der Waals surface area contributed by atoms with Crippen molar-refractivity contribution in [3.05, 3.63) is 53.6 Å². The molecule has 5 nitrogen and oxygen atoms in total. The van der Waals surface area contributed by atoms with E-state index in [0.29, 0.717) is 12.3 Å². The number of para-hydroxylation sites is 1. The van der Waals surface area contributed by atoms with Crippen molar-refractivity contribution in [2.24, 2.45) is 0 Å². The molecule has 3 rings (SSSR count). The maximum absolute atomic E-state index is 4.45. The van der Waals surface area contributed by atoms with Gasteiger partial charge in [0.2, 0.25) is 0 Å². The molecular formula is C14H15N5. The fourth-order valence-electron chi connectivity index (χ4n) is 2.02. The van der Waals surface area contributed by atoms with E-state index in [2.05, 4.69) is 20.4 Å². The molecule has 2 aromatic heterocycles. The van der Waals surface area contributed by atoms with Gasteiger partial charge in [-0.3, -0.25) is 0 Å². The van der Waals surface area contributed by atoms with Gasteiger partial charge in [-0.15, -0.1) is 5.10 Å². The summed E-state index contributed by atoms with van der Waals surface area (Å²) >= 11 is 0. The van der Waals surface area contributed by atoms with E-state index in [0.717, 1.165) is 22.9 Å². The molecule has 0 aliphatic rings. The van der Waals surface area contributed by atoms with Crippen LogP contribution in [0, 0.1) is 13.8 Å². The Kier molecular flexibility index (Phi) is 2.87. The van der Waals surface area contributed by atoms with E-state index < -0.39 is 0 Å². The minimum Gasteiger partial charge on any atom is -0.378 e. The normalized spacial score (nSPS) is 10.8. The van der Waals surface area contributed by atoms with Crippen molar-refractivity contribution in [1.82, 2.24) is 19.6 Å². The summed E-state index contributed by atoms with van der Waals surface area (Å²) in [5, 5.41) is 7.74. The highest BCUT2D eigenvalue weighted by Crippen LogP contribution is 2.08. The smallest absolute Gasteiger partial charge is 0.252 e. The van der Waals surface area contributed by atoms with E-state index in [1.807, 2.05) is 50.2 Å². The zero-order valence-electron chi connectivity index (χ0n) is 11.0. The van der Waals surface area contributed by atoms with Crippen LogP contribution in [0.25, 0.3) is 5.78 Å². The average Bonchev–Trinajstić information content (AvgIpc) is 2.81. The fourth-order valence-corrected chi connectivity index (χ4v) is 2.02. The number of aryl methyl sites for hydroxylation is 2. The van der Waals surface area contributed by atoms with Crippen LogP contribution < -0.4 is 5.32 Å². The van der Waals surface area contributed by atoms with Crippen molar-refractivity contribution >= 4 is 11.5 Å². The predicted molar refractivity (Wildman–Crippen MR) is 74.0 cm³/mol. The molecule has 1 N–H and O–H groups in total. The summed E-state index contributed by atoms with van der Waals surface area (Å²) in [5.41, 5.74) is 3.06. The molecule has 0 atom stereocenters. The number of nitrogens with one attached hydrogen (secondary N) is 1. The number of fused-ring (bicyclic) bond motifs is 1. The highest BCUT2D eigenvalue weighted by Gasteiger charge is 2.07. The van der Waals surface area contributed by atoms with Gasteiger partial charge in [0.15, 0.2) is 5.82 Å². The topological polar surface area (TPSA) is 55.1 Å². The van der Waals surface area contributed by atoms with Crippen LogP contribution in [0.4, 0.5) is 5.69 Å². The highest BCUT2D eigenvalue weighted by molar-refractivity contribution is 5.42. The first-order chi connectivity index (χ1) is 9.22. The Labute approximate surface area is 111 Å². The van der Waals surface area contributed by atoms with Gasteiger partial charge >= 0.3 is 0 Å². The molecule has 0 saturated heterocycles. The number of hydrogen-bond donors (Lipinski definition) is 1. The van der Waals surface area contributed by atoms with Gasteiger partial charge in [-0.25, -0.2) is 9.50 Å². The maximum Gasteiger partial charge on any atom is 0.252 e. The predicted octanol–water partition coefficient (Wildman–Crippen LogP) is 2.35. The van der Waals surface area contributed by atoms with E-state index in [1.54, 1.807) is 4.52 Å². The summed E-state index contributed by atoms with van der Waals surface area (Å²) in [6.07, 6.45) is 0. The van der Waals surface area contributed by atoms with Crippen molar-refractivity contribution < 1.29 is 0 Å². The van der Waals surface area contributed by atoms with Crippen molar-refractivity contribution in [1.29, 1.82) is 0 Å². The van der Waals surface area contributed by atoms with Gasteiger partial charge in [0.25, 0.3) is 5.78 Å². The fraction of sp³-hybridized carbons (Fsp3) is 0.214. The summed E-state index contributed by atoms with van der Waals surface area (Å²) in [7, 11) is 0. The molecule has 0 amide bonds. The molecule has 0 spiro atoms. The molecule has 3 aromatic rings. The Morgan fingerprint density at radius 1 is 1.11 bits per heavy atom. The minimum atomic E-state index is 0.589. The lowest BCUT2D eigenvalue weighted by atomic mass is 10.3. The van der Waals surface area contributed by atoms with E-state index in [9.17, 15) is 0 Å². The third-order valence-corrected chi connectivity index (χ3v) is 2.89. The first-order valence-corrected chi connectivity index (χ1v) is 6.21. The van der Waals surface area contributed by atoms with Gasteiger partial charge in [-0.1, -0.05) is 18.2 Å². The van der Waals surface area contributed by atoms with Crippen molar-refractivity contribution in [2.45, 2.75) is 20.4 Å². The number of hydrogen-bond acceptors (Lipinski definition) is 4. The van der Waals surface area contributed by atoms with Crippen molar-refractivity contribution in [3.63, 3.8) is 0 Å². The molecule has 0 unspecified atom stereocenters. The number of rotatable bonds is 3. The number of nitrogens with zero attached hydrogens (tertiary/aromatic N) is 4. The molecule has 2 heterocycles. The minimum absolute atomic E-state index is 0.589. The Bertz CT molecular complexity index is 702. The van der Waals surface area contributed by atoms with Gasteiger partial charge in [0, 0.05) is 17.1 Å². The second-order valence-corrected chi connectivity index (χ2v) is 4.50. The Morgan fingerprint density at radius 3 is 2.68 bits per heavy atom. The summed E-state index contributed by atoms with van der Waals surface area (Å²) in [6, 6.07) is 12.0. The van der Waals surface area contributed by atoms with Gasteiger partial charge in [0.1, 0.15) is 0 Å². The van der Waals surface area contributed by atoms with Crippen LogP contribution in [0.5, 0.6) is 0 Å². The SMILES string of the molecule is Cc1cc(C)n2nc(CNc3ccccc3)nc2n1. The summed E-state index contributed by atoms with van der Waals surface area (Å²) in [6.45, 7) is 4.56. The van der Waals surface area contributed by atoms with Crippen LogP contribution in [0.3, 0.4) is 0 Å². The molecule has 0 aliphatic carbocycles. The average molecular weight is 253 g/mol. The molecule has 96 valence electrons. The Balaban J connectivity index is 1.84. The molecule has 0 radical (unpaired) electrons. The van der Waals surface area contributed by atoms with Crippen LogP contribution in [-0.4, -0.2) is 19.6 Å². The Morgan fingerprint density at radius 2 is 1.89 bits per heavy atom. The first kappa shape index (κ1) is 11.6. The second-order valence-electron chi connectivity index (χ2n) is 4.50. The maximum atomic E-state index is 4.45. The third kappa shape index (κ3) is 2.40. The molecule has 1 aromatic carbocycles. The third-order valence-electron chi connectivity index (χ3n) is 2.89. The van der Waals surface area contributed by atoms with Gasteiger partial charge < -0.3 is 5.32 Å². The largest absolute Gasteiger partial charge is 0.378 e. The van der Waals surface area contributed by atoms with Crippen molar-refractivity contribution in [3.8, 4) is 0 Å². The van der Waals surface area contributed by atoms with E-state index in [-0.39, 0.29) is 0 Å². The van der Waals surface area contributed by atoms with Gasteiger partial charge in [0.05, 0.1) is 6.54 Å². The van der Waals surface area contributed by atoms with Crippen molar-refractivity contribution in [2.75, 3.05) is 5.32 Å². The van der Waals surface area contributed by atoms with E-state index in [1.165, 1.54) is 0 Å². The first-order valence-electron chi connectivity index (χ1n) is 6.21. The molecule has 0 aliphatic heterocycles. The second kappa shape index (κ2) is 4.68. The molecule has 19 heavy (non-hydrogen) atoms. The molecular weight excluding hydrogens is 238 g/mol.